The van der Waals surface area contributed by atoms with Gasteiger partial charge in [0.05, 0.1) is 67.8 Å². The fourth-order valence-corrected chi connectivity index (χ4v) is 7.61. The highest BCUT2D eigenvalue weighted by Crippen LogP contribution is 2.37. The predicted octanol–water partition coefficient (Wildman–Crippen LogP) is 12.8. The number of carbonyl (C=O) groups excluding carboxylic acids is 3. The number of phenols is 3. The Hall–Kier alpha value is -9.44. The SMILES string of the molecule is COc1ccc(C(F)(F)F)cc1NC(=O)c1cc2ccccc2cc1O.COc1ccc(C)cc1NC(=O)c1cc2ccccc2cc1O.COc1ccc(OC)c(NC(=O)c2cc3ccccc3cc2O)c1. The lowest BCUT2D eigenvalue weighted by Crippen LogP contribution is -2.14. The van der Waals surface area contributed by atoms with Gasteiger partial charge in [0.15, 0.2) is 0 Å². The first-order valence-corrected chi connectivity index (χ1v) is 22.2. The first-order chi connectivity index (χ1) is 35.0. The lowest BCUT2D eigenvalue weighted by molar-refractivity contribution is -0.137. The molecule has 0 heterocycles. The molecule has 0 aromatic heterocycles. The van der Waals surface area contributed by atoms with Gasteiger partial charge in [-0.25, -0.2) is 0 Å². The van der Waals surface area contributed by atoms with E-state index in [1.54, 1.807) is 87.0 Å². The monoisotopic (exact) mass is 991 g/mol. The number of alkyl halides is 3. The third kappa shape index (κ3) is 12.3. The molecule has 9 aromatic carbocycles. The van der Waals surface area contributed by atoms with Gasteiger partial charge in [0, 0.05) is 6.07 Å². The van der Waals surface area contributed by atoms with Crippen LogP contribution in [-0.4, -0.2) is 61.5 Å². The normalized spacial score (nSPS) is 10.8. The molecule has 6 N–H and O–H groups in total. The van der Waals surface area contributed by atoms with Gasteiger partial charge in [-0.05, 0) is 124 Å². The number of aromatic hydroxyl groups is 3. The van der Waals surface area contributed by atoms with Crippen molar-refractivity contribution in [2.75, 3.05) is 44.4 Å². The Kier molecular flexibility index (Phi) is 15.9. The second-order valence-corrected chi connectivity index (χ2v) is 16.2. The van der Waals surface area contributed by atoms with Gasteiger partial charge < -0.3 is 50.2 Å². The smallest absolute Gasteiger partial charge is 0.416 e. The van der Waals surface area contributed by atoms with Crippen LogP contribution in [0.2, 0.25) is 0 Å². The largest absolute Gasteiger partial charge is 0.507 e. The van der Waals surface area contributed by atoms with Gasteiger partial charge in [-0.1, -0.05) is 78.9 Å². The van der Waals surface area contributed by atoms with Crippen LogP contribution in [0.4, 0.5) is 30.2 Å². The average molecular weight is 992 g/mol. The molecule has 0 aliphatic carbocycles. The standard InChI is InChI=1S/C19H14F3NO3.C19H17NO4.C19H17NO3/c1-26-17-7-6-13(19(20,21)22)10-15(17)23-18(25)14-8-11-4-2-3-5-12(11)9-16(14)24;1-23-14-7-8-18(24-2)16(11-14)20-19(22)15-9-12-5-3-4-6-13(12)10-17(15)21;1-12-7-8-18(23-2)16(9-12)20-19(22)15-10-13-5-3-4-6-14(13)11-17(15)21/h2-10,24H,1H3,(H,23,25);3-11,21H,1-2H3,(H,20,22);3-11,21H,1-2H3,(H,20,22). The molecule has 0 atom stereocenters. The first-order valence-electron chi connectivity index (χ1n) is 22.2. The molecule has 0 aliphatic rings. The van der Waals surface area contributed by atoms with Gasteiger partial charge in [0.2, 0.25) is 0 Å². The van der Waals surface area contributed by atoms with E-state index in [9.17, 15) is 42.9 Å². The van der Waals surface area contributed by atoms with Crippen LogP contribution in [0.1, 0.15) is 42.2 Å². The minimum Gasteiger partial charge on any atom is -0.507 e. The minimum atomic E-state index is -4.56. The van der Waals surface area contributed by atoms with E-state index in [-0.39, 0.29) is 51.3 Å². The van der Waals surface area contributed by atoms with Crippen LogP contribution in [0.3, 0.4) is 0 Å². The van der Waals surface area contributed by atoms with Crippen molar-refractivity contribution in [2.24, 2.45) is 0 Å². The number of fused-ring (bicyclic) bond motifs is 3. The van der Waals surface area contributed by atoms with E-state index in [1.807, 2.05) is 67.6 Å². The maximum atomic E-state index is 12.9. The van der Waals surface area contributed by atoms with Crippen molar-refractivity contribution in [3.8, 4) is 40.2 Å². The number of anilines is 3. The molecule has 372 valence electrons. The van der Waals surface area contributed by atoms with Gasteiger partial charge in [0.25, 0.3) is 17.7 Å². The molecule has 0 radical (unpaired) electrons. The summed E-state index contributed by atoms with van der Waals surface area (Å²) in [6, 6.07) is 45.0. The Morgan fingerprint density at radius 3 is 1.10 bits per heavy atom. The number of hydrogen-bond donors (Lipinski definition) is 6. The number of hydrogen-bond acceptors (Lipinski definition) is 10. The summed E-state index contributed by atoms with van der Waals surface area (Å²) in [4.78, 5) is 37.6. The van der Waals surface area contributed by atoms with Crippen molar-refractivity contribution < 1.29 is 61.8 Å². The van der Waals surface area contributed by atoms with Crippen LogP contribution in [0, 0.1) is 6.92 Å². The summed E-state index contributed by atoms with van der Waals surface area (Å²) < 4.78 is 59.4. The Morgan fingerprint density at radius 2 is 0.740 bits per heavy atom. The number of rotatable bonds is 10. The summed E-state index contributed by atoms with van der Waals surface area (Å²) >= 11 is 0. The molecule has 0 spiro atoms. The van der Waals surface area contributed by atoms with E-state index in [1.165, 1.54) is 26.4 Å². The zero-order valence-electron chi connectivity index (χ0n) is 39.9. The van der Waals surface area contributed by atoms with E-state index in [0.717, 1.165) is 50.7 Å². The zero-order valence-corrected chi connectivity index (χ0v) is 39.9. The maximum Gasteiger partial charge on any atom is 0.416 e. The summed E-state index contributed by atoms with van der Waals surface area (Å²) in [5.74, 6) is -0.199. The van der Waals surface area contributed by atoms with Gasteiger partial charge >= 0.3 is 6.18 Å². The first kappa shape index (κ1) is 51.4. The predicted molar refractivity (Wildman–Crippen MR) is 276 cm³/mol. The molecule has 16 heteroatoms. The Labute approximate surface area is 417 Å². The summed E-state index contributed by atoms with van der Waals surface area (Å²) in [7, 11) is 5.90. The van der Waals surface area contributed by atoms with Gasteiger partial charge in [-0.3, -0.25) is 14.4 Å². The van der Waals surface area contributed by atoms with Crippen molar-refractivity contribution >= 4 is 67.1 Å². The van der Waals surface area contributed by atoms with Gasteiger partial charge in [-0.2, -0.15) is 13.2 Å². The second kappa shape index (κ2) is 22.5. The van der Waals surface area contributed by atoms with Crippen LogP contribution in [0.15, 0.2) is 164 Å². The number of phenolic OH excluding ortho intramolecular Hbond substituents is 3. The lowest BCUT2D eigenvalue weighted by atomic mass is 10.1. The highest BCUT2D eigenvalue weighted by molar-refractivity contribution is 6.11. The third-order valence-electron chi connectivity index (χ3n) is 11.4. The lowest BCUT2D eigenvalue weighted by Gasteiger charge is -2.14. The summed E-state index contributed by atoms with van der Waals surface area (Å²) in [5, 5.41) is 43.3. The molecular formula is C57H48F3N3O10. The molecule has 3 amide bonds. The molecule has 13 nitrogen and oxygen atoms in total. The van der Waals surface area contributed by atoms with Gasteiger partial charge in [0.1, 0.15) is 40.2 Å². The number of methoxy groups -OCH3 is 4. The fraction of sp³-hybridized carbons (Fsp3) is 0.105. The molecule has 0 unspecified atom stereocenters. The molecule has 0 aliphatic heterocycles. The number of benzene rings is 9. The summed E-state index contributed by atoms with van der Waals surface area (Å²) in [6.45, 7) is 1.93. The van der Waals surface area contributed by atoms with E-state index < -0.39 is 23.6 Å². The molecule has 0 saturated carbocycles. The van der Waals surface area contributed by atoms with E-state index in [4.69, 9.17) is 18.9 Å². The minimum absolute atomic E-state index is 0.0483. The topological polar surface area (TPSA) is 185 Å². The summed E-state index contributed by atoms with van der Waals surface area (Å²) in [5.41, 5.74) is 1.36. The highest BCUT2D eigenvalue weighted by atomic mass is 19.4. The number of carbonyl (C=O) groups is 3. The number of halogens is 3. The van der Waals surface area contributed by atoms with Crippen molar-refractivity contribution in [2.45, 2.75) is 13.1 Å². The molecule has 73 heavy (non-hydrogen) atoms. The maximum absolute atomic E-state index is 12.9. The van der Waals surface area contributed by atoms with Gasteiger partial charge in [-0.15, -0.1) is 0 Å². The molecular weight excluding hydrogens is 944 g/mol. The third-order valence-corrected chi connectivity index (χ3v) is 11.4. The van der Waals surface area contributed by atoms with Crippen molar-refractivity contribution in [1.29, 1.82) is 0 Å². The molecule has 0 fully saturated rings. The molecule has 9 aromatic rings. The average Bonchev–Trinajstić information content (AvgIpc) is 3.38. The fourth-order valence-electron chi connectivity index (χ4n) is 7.61. The van der Waals surface area contributed by atoms with Crippen molar-refractivity contribution in [3.05, 3.63) is 192 Å². The van der Waals surface area contributed by atoms with E-state index in [0.29, 0.717) is 34.0 Å². The van der Waals surface area contributed by atoms with Crippen molar-refractivity contribution in [1.82, 2.24) is 0 Å². The van der Waals surface area contributed by atoms with Crippen LogP contribution in [-0.2, 0) is 6.18 Å². The highest BCUT2D eigenvalue weighted by Gasteiger charge is 2.31. The van der Waals surface area contributed by atoms with Crippen LogP contribution >= 0.6 is 0 Å². The van der Waals surface area contributed by atoms with E-state index >= 15 is 0 Å². The van der Waals surface area contributed by atoms with Crippen LogP contribution in [0.25, 0.3) is 32.3 Å². The number of nitrogens with one attached hydrogen (secondary N) is 3. The molecule has 0 saturated heterocycles. The quantitative estimate of drug-likeness (QED) is 0.0770. The Morgan fingerprint density at radius 1 is 0.411 bits per heavy atom. The number of aryl methyl sites for hydroxylation is 1. The second-order valence-electron chi connectivity index (χ2n) is 16.2. The van der Waals surface area contributed by atoms with Crippen LogP contribution < -0.4 is 34.9 Å². The van der Waals surface area contributed by atoms with E-state index in [2.05, 4.69) is 16.0 Å². The summed E-state index contributed by atoms with van der Waals surface area (Å²) in [6.07, 6.45) is -4.56. The number of ether oxygens (including phenoxy) is 4. The Balaban J connectivity index is 0.000000161. The Bertz CT molecular complexity index is 3510. The molecule has 0 bridgehead atoms. The number of amides is 3. The zero-order chi connectivity index (χ0) is 52.4. The van der Waals surface area contributed by atoms with Crippen LogP contribution in [0.5, 0.6) is 40.2 Å². The van der Waals surface area contributed by atoms with Crippen molar-refractivity contribution in [3.63, 3.8) is 0 Å². The molecule has 9 rings (SSSR count).